The van der Waals surface area contributed by atoms with E-state index in [9.17, 15) is 14.7 Å². The molecule has 10 nitrogen and oxygen atoms in total. The Kier molecular flexibility index (Phi) is 6.60. The van der Waals surface area contributed by atoms with Crippen LogP contribution in [0.5, 0.6) is 0 Å². The topological polar surface area (TPSA) is 127 Å². The Morgan fingerprint density at radius 3 is 2.83 bits per heavy atom. The quantitative estimate of drug-likeness (QED) is 0.207. The molecular formula is C20H24N6O4. The van der Waals surface area contributed by atoms with Gasteiger partial charge in [0.15, 0.2) is 11.2 Å². The normalized spacial score (nSPS) is 12.8. The van der Waals surface area contributed by atoms with Crippen LogP contribution in [0.2, 0.25) is 0 Å². The minimum Gasteiger partial charge on any atom is -0.389 e. The van der Waals surface area contributed by atoms with Gasteiger partial charge in [0, 0.05) is 7.05 Å². The van der Waals surface area contributed by atoms with E-state index < -0.39 is 17.4 Å². The van der Waals surface area contributed by atoms with Gasteiger partial charge in [0.25, 0.3) is 5.56 Å². The molecule has 0 saturated carbocycles. The smallest absolute Gasteiger partial charge is 0.329 e. The van der Waals surface area contributed by atoms with Crippen molar-refractivity contribution in [2.75, 3.05) is 18.6 Å². The number of nitrogens with one attached hydrogen (secondary N) is 2. The number of imidazole rings is 1. The molecule has 2 aromatic heterocycles. The van der Waals surface area contributed by atoms with Crippen LogP contribution in [0.15, 0.2) is 57.7 Å². The van der Waals surface area contributed by atoms with Gasteiger partial charge in [-0.3, -0.25) is 14.3 Å². The Hall–Kier alpha value is -3.50. The molecule has 0 spiro atoms. The van der Waals surface area contributed by atoms with Crippen molar-refractivity contribution < 1.29 is 9.84 Å². The second-order valence-corrected chi connectivity index (χ2v) is 6.69. The summed E-state index contributed by atoms with van der Waals surface area (Å²) >= 11 is 0. The van der Waals surface area contributed by atoms with E-state index in [4.69, 9.17) is 4.74 Å². The number of hydrogen-bond acceptors (Lipinski definition) is 7. The highest BCUT2D eigenvalue weighted by Gasteiger charge is 2.19. The first-order valence-corrected chi connectivity index (χ1v) is 9.34. The molecule has 3 rings (SSSR count). The first-order chi connectivity index (χ1) is 14.4. The van der Waals surface area contributed by atoms with Crippen molar-refractivity contribution in [1.29, 1.82) is 0 Å². The number of H-pyrrole nitrogens is 1. The van der Waals surface area contributed by atoms with Crippen LogP contribution in [-0.2, 0) is 18.3 Å². The number of nitrogens with zero attached hydrogens (tertiary/aromatic N) is 4. The number of aryl methyl sites for hydroxylation is 1. The minimum atomic E-state index is -0.918. The Morgan fingerprint density at radius 2 is 2.13 bits per heavy atom. The average Bonchev–Trinajstić information content (AvgIpc) is 3.10. The third-order valence-corrected chi connectivity index (χ3v) is 4.46. The SMILES string of the molecule is C=CCOCC(O)Cn1c(N/N=C(\C)c2ccccc2)nc2c1c(=O)[nH]c(=O)n2C. The van der Waals surface area contributed by atoms with Crippen LogP contribution in [0.4, 0.5) is 5.95 Å². The molecule has 1 unspecified atom stereocenters. The maximum Gasteiger partial charge on any atom is 0.329 e. The van der Waals surface area contributed by atoms with E-state index in [1.807, 2.05) is 37.3 Å². The van der Waals surface area contributed by atoms with E-state index in [2.05, 4.69) is 27.1 Å². The number of aliphatic hydroxyl groups is 1. The Labute approximate surface area is 172 Å². The Morgan fingerprint density at radius 1 is 1.40 bits per heavy atom. The molecule has 0 amide bonds. The first kappa shape index (κ1) is 21.2. The van der Waals surface area contributed by atoms with Gasteiger partial charge in [-0.2, -0.15) is 10.1 Å². The summed E-state index contributed by atoms with van der Waals surface area (Å²) in [5.74, 6) is 0.217. The van der Waals surface area contributed by atoms with Crippen molar-refractivity contribution in [3.63, 3.8) is 0 Å². The number of aromatic nitrogens is 4. The molecule has 3 aromatic rings. The molecule has 30 heavy (non-hydrogen) atoms. The van der Waals surface area contributed by atoms with Gasteiger partial charge >= 0.3 is 5.69 Å². The third kappa shape index (κ3) is 4.56. The molecule has 0 saturated heterocycles. The lowest BCUT2D eigenvalue weighted by Gasteiger charge is -2.14. The van der Waals surface area contributed by atoms with Crippen molar-refractivity contribution in [3.8, 4) is 0 Å². The molecule has 0 aliphatic carbocycles. The lowest BCUT2D eigenvalue weighted by atomic mass is 10.1. The first-order valence-electron chi connectivity index (χ1n) is 9.34. The molecule has 0 bridgehead atoms. The van der Waals surface area contributed by atoms with Crippen LogP contribution in [0.1, 0.15) is 12.5 Å². The van der Waals surface area contributed by atoms with E-state index in [-0.39, 0.29) is 30.3 Å². The summed E-state index contributed by atoms with van der Waals surface area (Å²) in [7, 11) is 1.50. The number of ether oxygens (including phenoxy) is 1. The summed E-state index contributed by atoms with van der Waals surface area (Å²) in [6, 6.07) is 9.54. The fraction of sp³-hybridized carbons (Fsp3) is 0.300. The summed E-state index contributed by atoms with van der Waals surface area (Å²) < 4.78 is 8.00. The van der Waals surface area contributed by atoms with Gasteiger partial charge in [-0.05, 0) is 12.5 Å². The van der Waals surface area contributed by atoms with Crippen molar-refractivity contribution in [3.05, 3.63) is 69.4 Å². The Balaban J connectivity index is 2.00. The lowest BCUT2D eigenvalue weighted by Crippen LogP contribution is -2.30. The maximum absolute atomic E-state index is 12.5. The zero-order valence-corrected chi connectivity index (χ0v) is 16.8. The van der Waals surface area contributed by atoms with Crippen LogP contribution in [0, 0.1) is 0 Å². The number of aliphatic hydroxyl groups excluding tert-OH is 1. The highest BCUT2D eigenvalue weighted by molar-refractivity contribution is 5.99. The zero-order valence-electron chi connectivity index (χ0n) is 16.8. The van der Waals surface area contributed by atoms with Gasteiger partial charge in [-0.1, -0.05) is 36.4 Å². The molecule has 0 radical (unpaired) electrons. The molecule has 3 N–H and O–H groups in total. The van der Waals surface area contributed by atoms with E-state index in [0.29, 0.717) is 12.3 Å². The highest BCUT2D eigenvalue weighted by Crippen LogP contribution is 2.16. The number of hydrazone groups is 1. The maximum atomic E-state index is 12.5. The predicted octanol–water partition coefficient (Wildman–Crippen LogP) is 0.823. The molecule has 158 valence electrons. The highest BCUT2D eigenvalue weighted by atomic mass is 16.5. The minimum absolute atomic E-state index is 0.0111. The van der Waals surface area contributed by atoms with E-state index >= 15 is 0 Å². The second kappa shape index (κ2) is 9.33. The average molecular weight is 412 g/mol. The van der Waals surface area contributed by atoms with Gasteiger partial charge in [0.1, 0.15) is 0 Å². The third-order valence-electron chi connectivity index (χ3n) is 4.46. The summed E-state index contributed by atoms with van der Waals surface area (Å²) in [5, 5.41) is 14.7. The zero-order chi connectivity index (χ0) is 21.7. The van der Waals surface area contributed by atoms with Gasteiger partial charge in [0.05, 0.1) is 31.6 Å². The van der Waals surface area contributed by atoms with E-state index in [1.165, 1.54) is 16.2 Å². The van der Waals surface area contributed by atoms with Crippen LogP contribution in [0.25, 0.3) is 11.2 Å². The number of anilines is 1. The predicted molar refractivity (Wildman–Crippen MR) is 115 cm³/mol. The number of fused-ring (bicyclic) bond motifs is 1. The number of aromatic amines is 1. The molecule has 1 atom stereocenters. The fourth-order valence-electron chi connectivity index (χ4n) is 2.93. The summed E-state index contributed by atoms with van der Waals surface area (Å²) in [6.45, 7) is 5.74. The Bertz CT molecular complexity index is 1180. The van der Waals surface area contributed by atoms with E-state index in [1.54, 1.807) is 6.08 Å². The monoisotopic (exact) mass is 412 g/mol. The van der Waals surface area contributed by atoms with Crippen LogP contribution in [0.3, 0.4) is 0 Å². The molecular weight excluding hydrogens is 388 g/mol. The van der Waals surface area contributed by atoms with Crippen molar-refractivity contribution in [2.45, 2.75) is 19.6 Å². The molecule has 1 aromatic carbocycles. The van der Waals surface area contributed by atoms with Gasteiger partial charge in [-0.25, -0.2) is 10.2 Å². The van der Waals surface area contributed by atoms with Gasteiger partial charge in [0.2, 0.25) is 5.95 Å². The van der Waals surface area contributed by atoms with Crippen LogP contribution < -0.4 is 16.7 Å². The second-order valence-electron chi connectivity index (χ2n) is 6.69. The summed E-state index contributed by atoms with van der Waals surface area (Å²) in [4.78, 5) is 31.0. The van der Waals surface area contributed by atoms with Crippen molar-refractivity contribution in [1.82, 2.24) is 19.1 Å². The number of hydrogen-bond donors (Lipinski definition) is 3. The molecule has 0 aliphatic heterocycles. The van der Waals surface area contributed by atoms with Crippen LogP contribution >= 0.6 is 0 Å². The summed E-state index contributed by atoms with van der Waals surface area (Å²) in [6.07, 6.45) is 0.659. The number of rotatable bonds is 9. The summed E-state index contributed by atoms with van der Waals surface area (Å²) in [5.41, 5.74) is 3.61. The molecule has 0 fully saturated rings. The lowest BCUT2D eigenvalue weighted by molar-refractivity contribution is 0.0405. The van der Waals surface area contributed by atoms with E-state index in [0.717, 1.165) is 5.56 Å². The fourth-order valence-corrected chi connectivity index (χ4v) is 2.93. The van der Waals surface area contributed by atoms with Crippen molar-refractivity contribution in [2.24, 2.45) is 12.1 Å². The van der Waals surface area contributed by atoms with Crippen LogP contribution in [-0.4, -0.2) is 49.2 Å². The van der Waals surface area contributed by atoms with Gasteiger partial charge in [-0.15, -0.1) is 6.58 Å². The standard InChI is InChI=1S/C20H24N6O4/c1-4-10-30-12-15(27)11-26-16-17(25(3)20(29)22-18(16)28)21-19(26)24-23-13(2)14-8-6-5-7-9-14/h4-9,15,27H,1,10-12H2,2-3H3,(H,21,24)(H,22,28,29)/b23-13+. The van der Waals surface area contributed by atoms with Crippen molar-refractivity contribution >= 4 is 22.8 Å². The molecule has 10 heteroatoms. The molecule has 2 heterocycles. The molecule has 0 aliphatic rings. The number of benzene rings is 1. The van der Waals surface area contributed by atoms with Gasteiger partial charge < -0.3 is 14.4 Å². The largest absolute Gasteiger partial charge is 0.389 e.